The molecule has 3 aromatic carbocycles. The lowest BCUT2D eigenvalue weighted by Crippen LogP contribution is -2.44. The van der Waals surface area contributed by atoms with Crippen LogP contribution in [-0.2, 0) is 0 Å². The van der Waals surface area contributed by atoms with Crippen molar-refractivity contribution in [2.45, 2.75) is 0 Å². The first-order chi connectivity index (χ1) is 13.1. The molecule has 27 heavy (non-hydrogen) atoms. The number of carbonyl (C=O) groups excluding carboxylic acids is 3. The maximum absolute atomic E-state index is 13.7. The smallest absolute Gasteiger partial charge is 0.261 e. The highest BCUT2D eigenvalue weighted by Gasteiger charge is 2.32. The van der Waals surface area contributed by atoms with Crippen molar-refractivity contribution in [3.05, 3.63) is 83.2 Å². The van der Waals surface area contributed by atoms with Crippen molar-refractivity contribution in [3.63, 3.8) is 0 Å². The first kappa shape index (κ1) is 16.9. The van der Waals surface area contributed by atoms with Gasteiger partial charge >= 0.3 is 0 Å². The number of nitrogens with one attached hydrogen (secondary N) is 1. The minimum Gasteiger partial charge on any atom is -0.350 e. The lowest BCUT2D eigenvalue weighted by Gasteiger charge is -2.27. The summed E-state index contributed by atoms with van der Waals surface area (Å²) in [6.07, 6.45) is 0. The van der Waals surface area contributed by atoms with E-state index in [1.54, 1.807) is 30.3 Å². The molecule has 0 aliphatic carbocycles. The summed E-state index contributed by atoms with van der Waals surface area (Å²) in [7, 11) is 0. The molecule has 1 aliphatic rings. The fourth-order valence-electron chi connectivity index (χ4n) is 3.31. The summed E-state index contributed by atoms with van der Waals surface area (Å²) in [5.41, 5.74) is 0.843. The fraction of sp³-hybridized carbons (Fsp3) is 0.0952. The molecule has 4 rings (SSSR count). The van der Waals surface area contributed by atoms with Crippen molar-refractivity contribution < 1.29 is 18.8 Å². The molecule has 0 bridgehead atoms. The van der Waals surface area contributed by atoms with E-state index in [4.69, 9.17) is 0 Å². The highest BCUT2D eigenvalue weighted by molar-refractivity contribution is 6.25. The molecule has 5 nitrogen and oxygen atoms in total. The average molecular weight is 362 g/mol. The van der Waals surface area contributed by atoms with Crippen LogP contribution in [0.2, 0.25) is 0 Å². The van der Waals surface area contributed by atoms with Gasteiger partial charge in [-0.25, -0.2) is 4.39 Å². The van der Waals surface area contributed by atoms with E-state index in [1.165, 1.54) is 18.2 Å². The van der Waals surface area contributed by atoms with Gasteiger partial charge in [0.05, 0.1) is 5.56 Å². The van der Waals surface area contributed by atoms with Crippen LogP contribution in [0.4, 0.5) is 4.39 Å². The SMILES string of the molecule is O=C(NCCN1C(=O)c2cccc3cccc(c23)C1=O)c1ccccc1F. The Morgan fingerprint density at radius 1 is 0.889 bits per heavy atom. The third-order valence-corrected chi connectivity index (χ3v) is 4.60. The van der Waals surface area contributed by atoms with E-state index in [1.807, 2.05) is 12.1 Å². The lowest BCUT2D eigenvalue weighted by atomic mass is 9.94. The minimum atomic E-state index is -0.624. The predicted octanol–water partition coefficient (Wildman–Crippen LogP) is 3.00. The van der Waals surface area contributed by atoms with Crippen molar-refractivity contribution in [3.8, 4) is 0 Å². The van der Waals surface area contributed by atoms with Crippen molar-refractivity contribution in [1.82, 2.24) is 10.2 Å². The van der Waals surface area contributed by atoms with E-state index in [2.05, 4.69) is 5.32 Å². The van der Waals surface area contributed by atoms with Crippen LogP contribution in [0.1, 0.15) is 31.1 Å². The van der Waals surface area contributed by atoms with Crippen LogP contribution in [0.25, 0.3) is 10.8 Å². The zero-order valence-corrected chi connectivity index (χ0v) is 14.2. The van der Waals surface area contributed by atoms with Crippen LogP contribution in [-0.4, -0.2) is 35.7 Å². The van der Waals surface area contributed by atoms with Crippen LogP contribution in [0.15, 0.2) is 60.7 Å². The maximum Gasteiger partial charge on any atom is 0.261 e. The van der Waals surface area contributed by atoms with Crippen LogP contribution in [0.3, 0.4) is 0 Å². The molecule has 0 aromatic heterocycles. The predicted molar refractivity (Wildman–Crippen MR) is 98.0 cm³/mol. The zero-order chi connectivity index (χ0) is 19.0. The van der Waals surface area contributed by atoms with Gasteiger partial charge < -0.3 is 5.32 Å². The van der Waals surface area contributed by atoms with E-state index in [9.17, 15) is 18.8 Å². The summed E-state index contributed by atoms with van der Waals surface area (Å²) < 4.78 is 13.7. The molecule has 0 spiro atoms. The largest absolute Gasteiger partial charge is 0.350 e. The van der Waals surface area contributed by atoms with Crippen molar-refractivity contribution in [2.75, 3.05) is 13.1 Å². The normalized spacial score (nSPS) is 13.1. The second kappa shape index (κ2) is 6.64. The number of carbonyl (C=O) groups is 3. The molecule has 0 radical (unpaired) electrons. The monoisotopic (exact) mass is 362 g/mol. The molecule has 0 unspecified atom stereocenters. The number of rotatable bonds is 4. The molecular weight excluding hydrogens is 347 g/mol. The Kier molecular flexibility index (Phi) is 4.16. The Morgan fingerprint density at radius 2 is 1.52 bits per heavy atom. The van der Waals surface area contributed by atoms with Gasteiger partial charge in [0.25, 0.3) is 17.7 Å². The van der Waals surface area contributed by atoms with Gasteiger partial charge in [-0.15, -0.1) is 0 Å². The van der Waals surface area contributed by atoms with E-state index >= 15 is 0 Å². The molecule has 0 saturated heterocycles. The van der Waals surface area contributed by atoms with Crippen LogP contribution >= 0.6 is 0 Å². The number of halogens is 1. The van der Waals surface area contributed by atoms with E-state index in [0.717, 1.165) is 10.3 Å². The Labute approximate surface area is 154 Å². The Balaban J connectivity index is 1.52. The van der Waals surface area contributed by atoms with Gasteiger partial charge in [0.2, 0.25) is 0 Å². The molecular formula is C21H15FN2O3. The average Bonchev–Trinajstić information content (AvgIpc) is 2.68. The summed E-state index contributed by atoms with van der Waals surface area (Å²) >= 11 is 0. The van der Waals surface area contributed by atoms with Crippen LogP contribution in [0, 0.1) is 5.82 Å². The van der Waals surface area contributed by atoms with Crippen molar-refractivity contribution in [1.29, 1.82) is 0 Å². The van der Waals surface area contributed by atoms with E-state index in [0.29, 0.717) is 16.5 Å². The minimum absolute atomic E-state index is 0.00256. The summed E-state index contributed by atoms with van der Waals surface area (Å²) in [4.78, 5) is 38.7. The van der Waals surface area contributed by atoms with Gasteiger partial charge in [-0.05, 0) is 29.7 Å². The summed E-state index contributed by atoms with van der Waals surface area (Å²) in [6.45, 7) is 0.0331. The van der Waals surface area contributed by atoms with Crippen molar-refractivity contribution in [2.24, 2.45) is 0 Å². The van der Waals surface area contributed by atoms with Gasteiger partial charge in [0.15, 0.2) is 0 Å². The molecule has 1 heterocycles. The number of imide groups is 1. The summed E-state index contributed by atoms with van der Waals surface area (Å²) in [5, 5.41) is 4.04. The number of hydrogen-bond acceptors (Lipinski definition) is 3. The highest BCUT2D eigenvalue weighted by atomic mass is 19.1. The van der Waals surface area contributed by atoms with Crippen molar-refractivity contribution >= 4 is 28.5 Å². The Hall–Kier alpha value is -3.54. The topological polar surface area (TPSA) is 66.5 Å². The number of benzene rings is 3. The third-order valence-electron chi connectivity index (χ3n) is 4.60. The molecule has 134 valence electrons. The first-order valence-electron chi connectivity index (χ1n) is 8.48. The second-order valence-electron chi connectivity index (χ2n) is 6.21. The molecule has 3 amide bonds. The number of amides is 3. The standard InChI is InChI=1S/C21H15FN2O3/c22-17-10-2-1-7-14(17)19(25)23-11-12-24-20(26)15-8-3-5-13-6-4-9-16(18(13)15)21(24)27/h1-10H,11-12H2,(H,23,25). The van der Waals surface area contributed by atoms with E-state index in [-0.39, 0.29) is 18.7 Å². The van der Waals surface area contributed by atoms with E-state index < -0.39 is 23.5 Å². The second-order valence-corrected chi connectivity index (χ2v) is 6.21. The van der Waals surface area contributed by atoms with Gasteiger partial charge in [-0.2, -0.15) is 0 Å². The van der Waals surface area contributed by atoms with Gasteiger partial charge in [0, 0.05) is 29.6 Å². The maximum atomic E-state index is 13.7. The highest BCUT2D eigenvalue weighted by Crippen LogP contribution is 2.29. The molecule has 3 aromatic rings. The van der Waals surface area contributed by atoms with Gasteiger partial charge in [0.1, 0.15) is 5.82 Å². The number of hydrogen-bond donors (Lipinski definition) is 1. The third kappa shape index (κ3) is 2.85. The summed E-state index contributed by atoms with van der Waals surface area (Å²) in [6, 6.07) is 16.3. The van der Waals surface area contributed by atoms with Gasteiger partial charge in [-0.1, -0.05) is 36.4 Å². The lowest BCUT2D eigenvalue weighted by molar-refractivity contribution is 0.0607. The molecule has 6 heteroatoms. The quantitative estimate of drug-likeness (QED) is 0.726. The fourth-order valence-corrected chi connectivity index (χ4v) is 3.31. The van der Waals surface area contributed by atoms with Crippen LogP contribution in [0.5, 0.6) is 0 Å². The van der Waals surface area contributed by atoms with Crippen LogP contribution < -0.4 is 5.32 Å². The summed E-state index contributed by atoms with van der Waals surface area (Å²) in [5.74, 6) is -2.01. The molecule has 1 N–H and O–H groups in total. The number of nitrogens with zero attached hydrogens (tertiary/aromatic N) is 1. The first-order valence-corrected chi connectivity index (χ1v) is 8.48. The van der Waals surface area contributed by atoms with Gasteiger partial charge in [-0.3, -0.25) is 19.3 Å². The molecule has 1 aliphatic heterocycles. The Morgan fingerprint density at radius 3 is 2.15 bits per heavy atom. The molecule has 0 saturated carbocycles. The molecule has 0 fully saturated rings. The molecule has 0 atom stereocenters. The zero-order valence-electron chi connectivity index (χ0n) is 14.2. The Bertz CT molecular complexity index is 1040.